The van der Waals surface area contributed by atoms with Crippen molar-refractivity contribution in [1.82, 2.24) is 5.43 Å². The van der Waals surface area contributed by atoms with E-state index in [9.17, 15) is 0 Å². The van der Waals surface area contributed by atoms with Gasteiger partial charge in [-0.3, -0.25) is 0 Å². The van der Waals surface area contributed by atoms with Gasteiger partial charge in [-0.25, -0.2) is 0 Å². The molecule has 0 aromatic rings. The highest BCUT2D eigenvalue weighted by atomic mass is 15.3. The van der Waals surface area contributed by atoms with Crippen molar-refractivity contribution in [3.63, 3.8) is 0 Å². The number of allylic oxidation sites excluding steroid dienone is 1. The molecule has 0 fully saturated rings. The predicted octanol–water partition coefficient (Wildman–Crippen LogP) is 0.624. The normalized spacial score (nSPS) is 8.83. The van der Waals surface area contributed by atoms with Crippen LogP contribution < -0.4 is 5.43 Å². The first-order chi connectivity index (χ1) is 2.91. The molecule has 0 bridgehead atoms. The maximum Gasteiger partial charge on any atom is 0.0462 e. The summed E-state index contributed by atoms with van der Waals surface area (Å²) in [7, 11) is 1.74. The van der Waals surface area contributed by atoms with Crippen molar-refractivity contribution in [3.05, 3.63) is 12.7 Å². The fraction of sp³-hybridized carbons (Fsp3) is 0.250. The molecular formula is C4H10N2. The molecule has 0 saturated carbocycles. The van der Waals surface area contributed by atoms with Crippen LogP contribution in [0.15, 0.2) is 17.8 Å². The average Bonchev–Trinajstić information content (AvgIpc) is 1.61. The lowest BCUT2D eigenvalue weighted by Crippen LogP contribution is -1.91. The monoisotopic (exact) mass is 86.1 g/mol. The quantitative estimate of drug-likeness (QED) is 0.386. The number of nitrogens with zero attached hydrogens (tertiary/aromatic N) is 1. The molecule has 0 saturated heterocycles. The van der Waals surface area contributed by atoms with Gasteiger partial charge in [-0.2, -0.15) is 5.10 Å². The second kappa shape index (κ2) is 4.21. The zero-order chi connectivity index (χ0) is 4.83. The molecule has 0 unspecified atom stereocenters. The number of hydrazone groups is 1. The van der Waals surface area contributed by atoms with Crippen LogP contribution in [0.4, 0.5) is 0 Å². The van der Waals surface area contributed by atoms with Crippen molar-refractivity contribution in [1.29, 1.82) is 0 Å². The van der Waals surface area contributed by atoms with E-state index in [-0.39, 0.29) is 1.43 Å². The zero-order valence-electron chi connectivity index (χ0n) is 3.81. The fourth-order valence-electron chi connectivity index (χ4n) is 0.127. The molecule has 2 nitrogen and oxygen atoms in total. The Morgan fingerprint density at radius 3 is 2.83 bits per heavy atom. The van der Waals surface area contributed by atoms with E-state index in [0.717, 1.165) is 0 Å². The van der Waals surface area contributed by atoms with E-state index in [1.54, 1.807) is 19.3 Å². The van der Waals surface area contributed by atoms with Crippen LogP contribution >= 0.6 is 0 Å². The van der Waals surface area contributed by atoms with Crippen LogP contribution in [-0.2, 0) is 0 Å². The van der Waals surface area contributed by atoms with Crippen LogP contribution in [0, 0.1) is 0 Å². The molecular weight excluding hydrogens is 76.1 g/mol. The predicted molar refractivity (Wildman–Crippen MR) is 29.9 cm³/mol. The Morgan fingerprint density at radius 1 is 2.00 bits per heavy atom. The van der Waals surface area contributed by atoms with E-state index in [4.69, 9.17) is 0 Å². The van der Waals surface area contributed by atoms with Crippen LogP contribution in [0.3, 0.4) is 0 Å². The van der Waals surface area contributed by atoms with E-state index < -0.39 is 0 Å². The zero-order valence-corrected chi connectivity index (χ0v) is 3.81. The minimum atomic E-state index is 0. The van der Waals surface area contributed by atoms with Gasteiger partial charge in [0.1, 0.15) is 0 Å². The molecule has 0 heterocycles. The lowest BCUT2D eigenvalue weighted by Gasteiger charge is -1.76. The summed E-state index contributed by atoms with van der Waals surface area (Å²) in [6.07, 6.45) is 3.19. The van der Waals surface area contributed by atoms with Crippen LogP contribution in [0.25, 0.3) is 0 Å². The molecule has 0 amide bonds. The Bertz CT molecular complexity index is 60.7. The summed E-state index contributed by atoms with van der Waals surface area (Å²) in [4.78, 5) is 0. The van der Waals surface area contributed by atoms with Crippen LogP contribution in [0.1, 0.15) is 1.43 Å². The molecule has 0 atom stereocenters. The highest BCUT2D eigenvalue weighted by Crippen LogP contribution is 1.49. The Morgan fingerprint density at radius 2 is 2.67 bits per heavy atom. The van der Waals surface area contributed by atoms with Gasteiger partial charge < -0.3 is 5.43 Å². The molecule has 36 valence electrons. The Hall–Kier alpha value is -0.790. The topological polar surface area (TPSA) is 24.4 Å². The molecule has 0 aliphatic heterocycles. The second-order valence-electron chi connectivity index (χ2n) is 0.737. The molecule has 0 aliphatic carbocycles. The van der Waals surface area contributed by atoms with E-state index in [0.29, 0.717) is 0 Å². The Kier molecular flexibility index (Phi) is 3.66. The Labute approximate surface area is 39.0 Å². The van der Waals surface area contributed by atoms with E-state index in [1.807, 2.05) is 0 Å². The minimum Gasteiger partial charge on any atom is -0.313 e. The largest absolute Gasteiger partial charge is 0.313 e. The van der Waals surface area contributed by atoms with Crippen molar-refractivity contribution in [2.24, 2.45) is 5.10 Å². The summed E-state index contributed by atoms with van der Waals surface area (Å²) < 4.78 is 0. The van der Waals surface area contributed by atoms with Gasteiger partial charge in [-0.1, -0.05) is 6.58 Å². The van der Waals surface area contributed by atoms with E-state index in [1.165, 1.54) is 0 Å². The first kappa shape index (κ1) is 5.21. The fourth-order valence-corrected chi connectivity index (χ4v) is 0.127. The summed E-state index contributed by atoms with van der Waals surface area (Å²) in [5.41, 5.74) is 2.57. The summed E-state index contributed by atoms with van der Waals surface area (Å²) >= 11 is 0. The molecule has 0 aliphatic rings. The SMILES string of the molecule is C=C/C=N\NC.[HH]. The van der Waals surface area contributed by atoms with Crippen molar-refractivity contribution in [2.75, 3.05) is 7.05 Å². The van der Waals surface area contributed by atoms with Crippen molar-refractivity contribution < 1.29 is 1.43 Å². The smallest absolute Gasteiger partial charge is 0.0462 e. The highest BCUT2D eigenvalue weighted by molar-refractivity contribution is 5.69. The second-order valence-corrected chi connectivity index (χ2v) is 0.737. The van der Waals surface area contributed by atoms with Gasteiger partial charge in [0, 0.05) is 14.7 Å². The third-order valence-corrected chi connectivity index (χ3v) is 0.309. The maximum absolute atomic E-state index is 3.60. The van der Waals surface area contributed by atoms with Gasteiger partial charge in [0.2, 0.25) is 0 Å². The lowest BCUT2D eigenvalue weighted by atomic mass is 10.7. The number of hydrogen-bond acceptors (Lipinski definition) is 2. The first-order valence-electron chi connectivity index (χ1n) is 1.72. The van der Waals surface area contributed by atoms with Gasteiger partial charge >= 0.3 is 0 Å². The third-order valence-electron chi connectivity index (χ3n) is 0.309. The molecule has 0 rings (SSSR count). The average molecular weight is 86.1 g/mol. The highest BCUT2D eigenvalue weighted by Gasteiger charge is 1.49. The van der Waals surface area contributed by atoms with E-state index >= 15 is 0 Å². The summed E-state index contributed by atoms with van der Waals surface area (Å²) in [5.74, 6) is 0. The summed E-state index contributed by atoms with van der Waals surface area (Å²) in [6.45, 7) is 3.41. The van der Waals surface area contributed by atoms with Crippen LogP contribution in [-0.4, -0.2) is 13.3 Å². The molecule has 2 heteroatoms. The summed E-state index contributed by atoms with van der Waals surface area (Å²) in [5, 5.41) is 3.60. The maximum atomic E-state index is 3.60. The summed E-state index contributed by atoms with van der Waals surface area (Å²) in [6, 6.07) is 0. The van der Waals surface area contributed by atoms with Gasteiger partial charge in [0.05, 0.1) is 0 Å². The molecule has 0 spiro atoms. The lowest BCUT2D eigenvalue weighted by molar-refractivity contribution is 0.909. The van der Waals surface area contributed by atoms with Crippen molar-refractivity contribution >= 4 is 6.21 Å². The van der Waals surface area contributed by atoms with Gasteiger partial charge in [-0.15, -0.1) is 0 Å². The van der Waals surface area contributed by atoms with Gasteiger partial charge in [0.15, 0.2) is 0 Å². The minimum absolute atomic E-state index is 0. The van der Waals surface area contributed by atoms with Crippen molar-refractivity contribution in [3.8, 4) is 0 Å². The Balaban J connectivity index is 0. The molecule has 0 aromatic heterocycles. The number of rotatable bonds is 2. The van der Waals surface area contributed by atoms with Gasteiger partial charge in [-0.05, 0) is 6.08 Å². The van der Waals surface area contributed by atoms with Crippen molar-refractivity contribution in [2.45, 2.75) is 0 Å². The first-order valence-corrected chi connectivity index (χ1v) is 1.72. The molecule has 6 heavy (non-hydrogen) atoms. The standard InChI is InChI=1S/C4H8N2.H2/c1-3-4-6-5-2;/h3-5H,1H2,2H3;1H/b6-4-;. The van der Waals surface area contributed by atoms with Gasteiger partial charge in [0.25, 0.3) is 0 Å². The van der Waals surface area contributed by atoms with Crippen LogP contribution in [0.5, 0.6) is 0 Å². The number of nitrogens with one attached hydrogen (secondary N) is 1. The molecule has 0 aromatic carbocycles. The molecule has 1 N–H and O–H groups in total. The number of hydrogen-bond donors (Lipinski definition) is 1. The molecule has 0 radical (unpaired) electrons. The third kappa shape index (κ3) is 3.21. The van der Waals surface area contributed by atoms with E-state index in [2.05, 4.69) is 17.1 Å². The van der Waals surface area contributed by atoms with Crippen LogP contribution in [0.2, 0.25) is 0 Å².